The lowest BCUT2D eigenvalue weighted by atomic mass is 9.81. The van der Waals surface area contributed by atoms with Crippen LogP contribution in [0.5, 0.6) is 0 Å². The highest BCUT2D eigenvalue weighted by atomic mass is 35.5. The summed E-state index contributed by atoms with van der Waals surface area (Å²) in [4.78, 5) is 0. The van der Waals surface area contributed by atoms with Crippen molar-refractivity contribution in [1.82, 2.24) is 0 Å². The van der Waals surface area contributed by atoms with Gasteiger partial charge in [-0.25, -0.2) is 0 Å². The van der Waals surface area contributed by atoms with Crippen LogP contribution in [0.15, 0.2) is 24.3 Å². The van der Waals surface area contributed by atoms with Crippen molar-refractivity contribution in [1.29, 1.82) is 0 Å². The van der Waals surface area contributed by atoms with Crippen LogP contribution in [0.3, 0.4) is 0 Å². The summed E-state index contributed by atoms with van der Waals surface area (Å²) >= 11 is 12.3. The number of methoxy groups -OCH3 is 1. The summed E-state index contributed by atoms with van der Waals surface area (Å²) in [5, 5.41) is 0. The molecule has 0 saturated carbocycles. The van der Waals surface area contributed by atoms with Crippen molar-refractivity contribution < 1.29 is 9.47 Å². The van der Waals surface area contributed by atoms with Crippen molar-refractivity contribution >= 4 is 23.2 Å². The van der Waals surface area contributed by atoms with E-state index in [1.54, 1.807) is 7.11 Å². The molecule has 0 saturated heterocycles. The molecule has 0 aliphatic rings. The third-order valence-corrected chi connectivity index (χ3v) is 4.36. The monoisotopic (exact) mass is 304 g/mol. The molecule has 108 valence electrons. The Bertz CT molecular complexity index is 348. The number of rotatable bonds is 9. The summed E-state index contributed by atoms with van der Waals surface area (Å²) in [5.41, 5.74) is 2.20. The summed E-state index contributed by atoms with van der Waals surface area (Å²) in [6.07, 6.45) is 0.812. The zero-order chi connectivity index (χ0) is 14.1. The maximum absolute atomic E-state index is 6.17. The molecule has 1 aromatic carbocycles. The minimum absolute atomic E-state index is 0.218. The van der Waals surface area contributed by atoms with E-state index in [-0.39, 0.29) is 5.41 Å². The molecule has 0 fully saturated rings. The topological polar surface area (TPSA) is 18.5 Å². The Kier molecular flexibility index (Phi) is 7.77. The van der Waals surface area contributed by atoms with Gasteiger partial charge in [0.25, 0.3) is 0 Å². The van der Waals surface area contributed by atoms with Gasteiger partial charge in [-0.05, 0) is 18.9 Å². The van der Waals surface area contributed by atoms with Crippen molar-refractivity contribution in [2.24, 2.45) is 0 Å². The summed E-state index contributed by atoms with van der Waals surface area (Å²) in [6, 6.07) is 8.40. The lowest BCUT2D eigenvalue weighted by Crippen LogP contribution is -2.32. The number of aryl methyl sites for hydroxylation is 1. The Balaban J connectivity index is 2.65. The molecule has 0 radical (unpaired) electrons. The van der Waals surface area contributed by atoms with E-state index >= 15 is 0 Å². The van der Waals surface area contributed by atoms with Crippen molar-refractivity contribution in [3.05, 3.63) is 35.4 Å². The lowest BCUT2D eigenvalue weighted by Gasteiger charge is -2.30. The van der Waals surface area contributed by atoms with Crippen LogP contribution in [0, 0.1) is 6.92 Å². The molecule has 0 aliphatic heterocycles. The zero-order valence-corrected chi connectivity index (χ0v) is 13.1. The van der Waals surface area contributed by atoms with Gasteiger partial charge in [0.1, 0.15) is 0 Å². The second kappa shape index (κ2) is 8.80. The van der Waals surface area contributed by atoms with E-state index in [4.69, 9.17) is 32.7 Å². The van der Waals surface area contributed by atoms with E-state index < -0.39 is 0 Å². The predicted octanol–water partition coefficient (Wildman–Crippen LogP) is 3.76. The van der Waals surface area contributed by atoms with Crippen molar-refractivity contribution in [2.45, 2.75) is 18.8 Å². The fourth-order valence-electron chi connectivity index (χ4n) is 1.89. The third kappa shape index (κ3) is 4.96. The van der Waals surface area contributed by atoms with Gasteiger partial charge < -0.3 is 9.47 Å². The molecule has 0 atom stereocenters. The van der Waals surface area contributed by atoms with Gasteiger partial charge in [-0.1, -0.05) is 29.8 Å². The minimum atomic E-state index is -0.218. The number of halogens is 2. The predicted molar refractivity (Wildman–Crippen MR) is 81.6 cm³/mol. The Morgan fingerprint density at radius 2 is 1.63 bits per heavy atom. The van der Waals surface area contributed by atoms with Crippen LogP contribution in [0.2, 0.25) is 0 Å². The molecule has 0 heterocycles. The molecular weight excluding hydrogens is 283 g/mol. The summed E-state index contributed by atoms with van der Waals surface area (Å²) in [7, 11) is 1.66. The van der Waals surface area contributed by atoms with Gasteiger partial charge in [-0.3, -0.25) is 0 Å². The highest BCUT2D eigenvalue weighted by molar-refractivity contribution is 6.22. The van der Waals surface area contributed by atoms with Crippen LogP contribution in [0.1, 0.15) is 17.5 Å². The van der Waals surface area contributed by atoms with Crippen LogP contribution in [-0.2, 0) is 14.9 Å². The molecule has 4 heteroatoms. The SMILES string of the molecule is COCCOCCC(CCl)(CCl)c1ccc(C)cc1. The standard InChI is InChI=1S/C15H22Cl2O2/c1-13-3-5-14(6-4-13)15(11-16,12-17)7-8-19-10-9-18-2/h3-6H,7-12H2,1-2H3. The van der Waals surface area contributed by atoms with Gasteiger partial charge in [-0.15, -0.1) is 23.2 Å². The van der Waals surface area contributed by atoms with E-state index in [9.17, 15) is 0 Å². The minimum Gasteiger partial charge on any atom is -0.382 e. The average Bonchev–Trinajstić information content (AvgIpc) is 2.45. The molecule has 1 rings (SSSR count). The first kappa shape index (κ1) is 16.8. The van der Waals surface area contributed by atoms with Gasteiger partial charge in [0.15, 0.2) is 0 Å². The average molecular weight is 305 g/mol. The molecule has 0 bridgehead atoms. The normalized spacial score (nSPS) is 11.8. The smallest absolute Gasteiger partial charge is 0.0700 e. The van der Waals surface area contributed by atoms with Crippen LogP contribution < -0.4 is 0 Å². The number of benzene rings is 1. The van der Waals surface area contributed by atoms with Gasteiger partial charge in [-0.2, -0.15) is 0 Å². The van der Waals surface area contributed by atoms with Crippen molar-refractivity contribution in [3.8, 4) is 0 Å². The largest absolute Gasteiger partial charge is 0.382 e. The molecule has 0 aliphatic carbocycles. The third-order valence-electron chi connectivity index (χ3n) is 3.33. The van der Waals surface area contributed by atoms with Crippen LogP contribution in [0.4, 0.5) is 0 Å². The first-order valence-electron chi connectivity index (χ1n) is 6.44. The van der Waals surface area contributed by atoms with Crippen molar-refractivity contribution in [3.63, 3.8) is 0 Å². The van der Waals surface area contributed by atoms with Crippen LogP contribution in [-0.4, -0.2) is 38.7 Å². The first-order valence-corrected chi connectivity index (χ1v) is 7.51. The maximum Gasteiger partial charge on any atom is 0.0700 e. The Labute approximate surface area is 126 Å². The molecular formula is C15H22Cl2O2. The maximum atomic E-state index is 6.17. The quantitative estimate of drug-likeness (QED) is 0.511. The fraction of sp³-hybridized carbons (Fsp3) is 0.600. The second-order valence-electron chi connectivity index (χ2n) is 4.77. The highest BCUT2D eigenvalue weighted by Gasteiger charge is 2.30. The molecule has 0 aromatic heterocycles. The van der Waals surface area contributed by atoms with Gasteiger partial charge in [0.2, 0.25) is 0 Å². The summed E-state index contributed by atoms with van der Waals surface area (Å²) in [5.74, 6) is 0.987. The van der Waals surface area contributed by atoms with Gasteiger partial charge in [0, 0.05) is 30.9 Å². The molecule has 19 heavy (non-hydrogen) atoms. The van der Waals surface area contributed by atoms with Gasteiger partial charge >= 0.3 is 0 Å². The van der Waals surface area contributed by atoms with E-state index in [1.165, 1.54) is 11.1 Å². The Hall–Kier alpha value is -0.280. The molecule has 2 nitrogen and oxygen atoms in total. The molecule has 0 N–H and O–H groups in total. The number of ether oxygens (including phenoxy) is 2. The van der Waals surface area contributed by atoms with Crippen LogP contribution >= 0.6 is 23.2 Å². The Morgan fingerprint density at radius 3 is 2.16 bits per heavy atom. The first-order chi connectivity index (χ1) is 9.18. The molecule has 0 unspecified atom stereocenters. The lowest BCUT2D eigenvalue weighted by molar-refractivity contribution is 0.0632. The number of hydrogen-bond acceptors (Lipinski definition) is 2. The van der Waals surface area contributed by atoms with E-state index in [0.29, 0.717) is 31.6 Å². The Morgan fingerprint density at radius 1 is 1.00 bits per heavy atom. The number of hydrogen-bond donors (Lipinski definition) is 0. The summed E-state index contributed by atoms with van der Waals surface area (Å²) in [6.45, 7) is 3.92. The second-order valence-corrected chi connectivity index (χ2v) is 5.30. The van der Waals surface area contributed by atoms with Crippen LogP contribution in [0.25, 0.3) is 0 Å². The van der Waals surface area contributed by atoms with E-state index in [2.05, 4.69) is 31.2 Å². The van der Waals surface area contributed by atoms with Gasteiger partial charge in [0.05, 0.1) is 13.2 Å². The highest BCUT2D eigenvalue weighted by Crippen LogP contribution is 2.31. The number of alkyl halides is 2. The molecule has 0 spiro atoms. The zero-order valence-electron chi connectivity index (χ0n) is 11.6. The fourth-order valence-corrected chi connectivity index (χ4v) is 2.75. The van der Waals surface area contributed by atoms with Crippen molar-refractivity contribution in [2.75, 3.05) is 38.7 Å². The molecule has 0 amide bonds. The van der Waals surface area contributed by atoms with E-state index in [0.717, 1.165) is 6.42 Å². The molecule has 1 aromatic rings. The summed E-state index contributed by atoms with van der Waals surface area (Å²) < 4.78 is 10.5. The van der Waals surface area contributed by atoms with E-state index in [1.807, 2.05) is 0 Å².